The molecule has 2 aromatic rings. The van der Waals surface area contributed by atoms with E-state index in [1.54, 1.807) is 13.0 Å². The average molecular weight is 333 g/mol. The van der Waals surface area contributed by atoms with E-state index < -0.39 is 0 Å². The fourth-order valence-electron chi connectivity index (χ4n) is 2.47. The Morgan fingerprint density at radius 1 is 1.38 bits per heavy atom. The predicted octanol–water partition coefficient (Wildman–Crippen LogP) is 3.28. The molecule has 3 rings (SSSR count). The third-order valence-corrected chi connectivity index (χ3v) is 3.60. The second kappa shape index (κ2) is 8.31. The number of aryl methyl sites for hydroxylation is 1. The largest absolute Gasteiger partial charge is 0.493 e. The molecule has 2 N–H and O–H groups in total. The molecule has 128 valence electrons. The first-order valence-electron chi connectivity index (χ1n) is 7.54. The highest BCUT2D eigenvalue weighted by Gasteiger charge is 2.14. The molecule has 0 bridgehead atoms. The topological polar surface area (TPSA) is 67.8 Å². The lowest BCUT2D eigenvalue weighted by molar-refractivity contribution is -0.122. The number of benzene rings is 2. The third-order valence-electron chi connectivity index (χ3n) is 3.60. The molecule has 0 amide bonds. The van der Waals surface area contributed by atoms with Gasteiger partial charge in [-0.2, -0.15) is 0 Å². The molecule has 0 saturated heterocycles. The lowest BCUT2D eigenvalue weighted by atomic mass is 10.1. The maximum Gasteiger partial charge on any atom is 0.290 e. The second-order valence-electron chi connectivity index (χ2n) is 5.31. The van der Waals surface area contributed by atoms with Gasteiger partial charge in [0.15, 0.2) is 0 Å². The van der Waals surface area contributed by atoms with Gasteiger partial charge in [0.25, 0.3) is 6.47 Å². The number of carbonyl (C=O) groups is 1. The number of halogens is 1. The van der Waals surface area contributed by atoms with Gasteiger partial charge in [-0.15, -0.1) is 0 Å². The minimum atomic E-state index is -0.250. The Balaban J connectivity index is 0.000000647. The first-order chi connectivity index (χ1) is 11.6. The van der Waals surface area contributed by atoms with Crippen molar-refractivity contribution >= 4 is 6.47 Å². The van der Waals surface area contributed by atoms with Gasteiger partial charge >= 0.3 is 0 Å². The van der Waals surface area contributed by atoms with Gasteiger partial charge in [-0.3, -0.25) is 4.79 Å². The van der Waals surface area contributed by atoms with Crippen molar-refractivity contribution in [3.63, 3.8) is 0 Å². The lowest BCUT2D eigenvalue weighted by Crippen LogP contribution is -2.07. The zero-order valence-corrected chi connectivity index (χ0v) is 13.6. The molecule has 0 saturated carbocycles. The number of carboxylic acid groups (broad SMARTS) is 1. The van der Waals surface area contributed by atoms with Crippen LogP contribution in [0, 0.1) is 12.7 Å². The van der Waals surface area contributed by atoms with Gasteiger partial charge in [-0.05, 0) is 49.9 Å². The summed E-state index contributed by atoms with van der Waals surface area (Å²) in [6.07, 6.45) is 0.901. The smallest absolute Gasteiger partial charge is 0.290 e. The number of hydrogen-bond donors (Lipinski definition) is 2. The summed E-state index contributed by atoms with van der Waals surface area (Å²) in [5, 5.41) is 9.92. The van der Waals surface area contributed by atoms with Crippen molar-refractivity contribution in [2.75, 3.05) is 13.7 Å². The van der Waals surface area contributed by atoms with Gasteiger partial charge in [0.1, 0.15) is 23.1 Å². The highest BCUT2D eigenvalue weighted by molar-refractivity contribution is 5.46. The molecule has 1 heterocycles. The van der Waals surface area contributed by atoms with E-state index in [9.17, 15) is 4.39 Å². The van der Waals surface area contributed by atoms with Crippen molar-refractivity contribution in [2.24, 2.45) is 0 Å². The number of hydrogen-bond acceptors (Lipinski definition) is 4. The second-order valence-corrected chi connectivity index (χ2v) is 5.31. The number of rotatable bonds is 4. The van der Waals surface area contributed by atoms with Crippen molar-refractivity contribution in [2.45, 2.75) is 19.9 Å². The lowest BCUT2D eigenvalue weighted by Gasteiger charge is -2.13. The summed E-state index contributed by atoms with van der Waals surface area (Å²) in [5.41, 5.74) is 2.54. The normalized spacial score (nSPS) is 11.8. The Kier molecular flexibility index (Phi) is 6.14. The summed E-state index contributed by atoms with van der Waals surface area (Å²) >= 11 is 0. The minimum Gasteiger partial charge on any atom is -0.493 e. The summed E-state index contributed by atoms with van der Waals surface area (Å²) in [4.78, 5) is 8.36. The van der Waals surface area contributed by atoms with E-state index in [2.05, 4.69) is 5.32 Å². The van der Waals surface area contributed by atoms with Crippen LogP contribution in [0.4, 0.5) is 4.39 Å². The molecular formula is C18H20FNO4. The van der Waals surface area contributed by atoms with Gasteiger partial charge < -0.3 is 19.9 Å². The van der Waals surface area contributed by atoms with Crippen LogP contribution in [0.2, 0.25) is 0 Å². The van der Waals surface area contributed by atoms with Crippen LogP contribution >= 0.6 is 0 Å². The summed E-state index contributed by atoms with van der Waals surface area (Å²) in [6.45, 7) is 2.77. The van der Waals surface area contributed by atoms with Crippen LogP contribution < -0.4 is 14.8 Å². The van der Waals surface area contributed by atoms with Crippen LogP contribution in [0.3, 0.4) is 0 Å². The molecule has 6 heteroatoms. The van der Waals surface area contributed by atoms with Crippen molar-refractivity contribution in [1.82, 2.24) is 5.32 Å². The molecule has 5 nitrogen and oxygen atoms in total. The van der Waals surface area contributed by atoms with Crippen molar-refractivity contribution in [1.29, 1.82) is 0 Å². The molecule has 2 aromatic carbocycles. The molecule has 1 aliphatic heterocycles. The highest BCUT2D eigenvalue weighted by Crippen LogP contribution is 2.33. The quantitative estimate of drug-likeness (QED) is 0.841. The van der Waals surface area contributed by atoms with Crippen LogP contribution in [-0.2, 0) is 17.8 Å². The van der Waals surface area contributed by atoms with Crippen LogP contribution in [0.25, 0.3) is 0 Å². The molecule has 0 atom stereocenters. The fraction of sp³-hybridized carbons (Fsp3) is 0.278. The van der Waals surface area contributed by atoms with Crippen LogP contribution in [0.5, 0.6) is 17.2 Å². The number of fused-ring (bicyclic) bond motifs is 1. The van der Waals surface area contributed by atoms with E-state index in [1.165, 1.54) is 6.07 Å². The first-order valence-corrected chi connectivity index (χ1v) is 7.54. The maximum atomic E-state index is 13.7. The van der Waals surface area contributed by atoms with Crippen molar-refractivity contribution < 1.29 is 23.8 Å². The van der Waals surface area contributed by atoms with Gasteiger partial charge in [0.05, 0.1) is 6.61 Å². The molecule has 0 radical (unpaired) electrons. The fourth-order valence-corrected chi connectivity index (χ4v) is 2.47. The molecular weight excluding hydrogens is 313 g/mol. The van der Waals surface area contributed by atoms with E-state index in [0.717, 1.165) is 35.7 Å². The molecule has 0 aliphatic carbocycles. The number of ether oxygens (including phenoxy) is 2. The molecule has 0 fully saturated rings. The number of nitrogens with one attached hydrogen (secondary N) is 1. The first kappa shape index (κ1) is 17.7. The molecule has 0 unspecified atom stereocenters. The highest BCUT2D eigenvalue weighted by atomic mass is 19.1. The summed E-state index contributed by atoms with van der Waals surface area (Å²) < 4.78 is 25.1. The van der Waals surface area contributed by atoms with E-state index in [0.29, 0.717) is 17.9 Å². The maximum absolute atomic E-state index is 13.7. The zero-order valence-electron chi connectivity index (χ0n) is 13.6. The molecule has 24 heavy (non-hydrogen) atoms. The Hall–Kier alpha value is -2.60. The summed E-state index contributed by atoms with van der Waals surface area (Å²) in [6, 6.07) is 9.06. The van der Waals surface area contributed by atoms with Crippen LogP contribution in [-0.4, -0.2) is 25.2 Å². The standard InChI is InChI=1S/C17H18FNO2.CH2O2/c1-11-7-17(13(10-19-2)9-15(11)18)21-14-3-4-16-12(8-14)5-6-20-16;2-1-3/h3-4,7-9,19H,5-6,10H2,1-2H3;1H,(H,2,3). The Bertz CT molecular complexity index is 718. The SMILES string of the molecule is CNCc1cc(F)c(C)cc1Oc1ccc2c(c1)CCO2.O=CO. The van der Waals surface area contributed by atoms with Crippen LogP contribution in [0.1, 0.15) is 16.7 Å². The van der Waals surface area contributed by atoms with Gasteiger partial charge in [-0.25, -0.2) is 4.39 Å². The average Bonchev–Trinajstić information content (AvgIpc) is 3.01. The van der Waals surface area contributed by atoms with E-state index >= 15 is 0 Å². The summed E-state index contributed by atoms with van der Waals surface area (Å²) in [5.74, 6) is 2.15. The van der Waals surface area contributed by atoms with Crippen LogP contribution in [0.15, 0.2) is 30.3 Å². The molecule has 0 aromatic heterocycles. The Morgan fingerprint density at radius 2 is 2.12 bits per heavy atom. The molecule has 1 aliphatic rings. The van der Waals surface area contributed by atoms with Gasteiger partial charge in [0.2, 0.25) is 0 Å². The minimum absolute atomic E-state index is 0.213. The molecule has 0 spiro atoms. The Morgan fingerprint density at radius 3 is 2.83 bits per heavy atom. The van der Waals surface area contributed by atoms with E-state index in [1.807, 2.05) is 25.2 Å². The Labute approximate surface area is 140 Å². The van der Waals surface area contributed by atoms with Gasteiger partial charge in [0, 0.05) is 24.1 Å². The zero-order chi connectivity index (χ0) is 17.5. The predicted molar refractivity (Wildman–Crippen MR) is 88.3 cm³/mol. The van der Waals surface area contributed by atoms with E-state index in [-0.39, 0.29) is 12.3 Å². The van der Waals surface area contributed by atoms with E-state index in [4.69, 9.17) is 19.4 Å². The van der Waals surface area contributed by atoms with Crippen molar-refractivity contribution in [3.8, 4) is 17.2 Å². The summed E-state index contributed by atoms with van der Waals surface area (Å²) in [7, 11) is 1.83. The monoisotopic (exact) mass is 333 g/mol. The van der Waals surface area contributed by atoms with Crippen molar-refractivity contribution in [3.05, 3.63) is 52.8 Å². The third kappa shape index (κ3) is 4.23. The van der Waals surface area contributed by atoms with Gasteiger partial charge in [-0.1, -0.05) is 0 Å².